The van der Waals surface area contributed by atoms with Crippen molar-refractivity contribution in [3.63, 3.8) is 0 Å². The molecule has 0 saturated heterocycles. The van der Waals surface area contributed by atoms with Crippen LogP contribution in [0.15, 0.2) is 49.1 Å². The maximum absolute atomic E-state index is 11.1. The molecular weight excluding hydrogens is 254 g/mol. The highest BCUT2D eigenvalue weighted by atomic mass is 16.4. The number of para-hydroxylation sites is 1. The van der Waals surface area contributed by atoms with Gasteiger partial charge in [-0.2, -0.15) is 0 Å². The lowest BCUT2D eigenvalue weighted by molar-refractivity contribution is 0.0699. The van der Waals surface area contributed by atoms with E-state index >= 15 is 0 Å². The van der Waals surface area contributed by atoms with Gasteiger partial charge in [-0.1, -0.05) is 6.07 Å². The quantitative estimate of drug-likeness (QED) is 0.788. The monoisotopic (exact) mass is 267 g/mol. The molecule has 0 amide bonds. The van der Waals surface area contributed by atoms with Crippen molar-refractivity contribution in [2.75, 3.05) is 0 Å². The number of fused-ring (bicyclic) bond motifs is 1. The highest BCUT2D eigenvalue weighted by molar-refractivity contribution is 6.00. The van der Waals surface area contributed by atoms with Gasteiger partial charge < -0.3 is 9.67 Å². The van der Waals surface area contributed by atoms with Crippen molar-refractivity contribution in [3.8, 4) is 0 Å². The second-order valence-electron chi connectivity index (χ2n) is 4.52. The number of benzene rings is 1. The van der Waals surface area contributed by atoms with Crippen LogP contribution >= 0.6 is 0 Å². The molecule has 0 unspecified atom stereocenters. The number of hydrogen-bond acceptors (Lipinski definition) is 3. The van der Waals surface area contributed by atoms with Gasteiger partial charge in [0.15, 0.2) is 0 Å². The first kappa shape index (κ1) is 12.3. The number of carbonyl (C=O) groups is 1. The lowest BCUT2D eigenvalue weighted by Crippen LogP contribution is -2.01. The number of imidazole rings is 1. The number of hydrogen-bond donors (Lipinski definition) is 1. The van der Waals surface area contributed by atoms with Gasteiger partial charge in [-0.25, -0.2) is 9.78 Å². The molecule has 0 atom stereocenters. The van der Waals surface area contributed by atoms with Crippen molar-refractivity contribution in [3.05, 3.63) is 60.2 Å². The fourth-order valence-electron chi connectivity index (χ4n) is 2.24. The maximum Gasteiger partial charge on any atom is 0.337 e. The van der Waals surface area contributed by atoms with Gasteiger partial charge in [0.05, 0.1) is 17.4 Å². The van der Waals surface area contributed by atoms with Crippen LogP contribution in [0.1, 0.15) is 15.9 Å². The third-order valence-corrected chi connectivity index (χ3v) is 3.27. The molecule has 100 valence electrons. The van der Waals surface area contributed by atoms with E-state index in [1.807, 2.05) is 22.8 Å². The minimum absolute atomic E-state index is 0.241. The van der Waals surface area contributed by atoms with Gasteiger partial charge in [0.2, 0.25) is 0 Å². The first-order chi connectivity index (χ1) is 9.75. The van der Waals surface area contributed by atoms with Crippen LogP contribution in [0, 0.1) is 0 Å². The zero-order valence-corrected chi connectivity index (χ0v) is 10.7. The smallest absolute Gasteiger partial charge is 0.337 e. The highest BCUT2D eigenvalue weighted by Gasteiger charge is 2.12. The summed E-state index contributed by atoms with van der Waals surface area (Å²) in [5.41, 5.74) is 2.81. The Bertz CT molecular complexity index is 750. The van der Waals surface area contributed by atoms with Crippen LogP contribution in [0.2, 0.25) is 0 Å². The average molecular weight is 267 g/mol. The third-order valence-electron chi connectivity index (χ3n) is 3.27. The normalized spacial score (nSPS) is 10.8. The highest BCUT2D eigenvalue weighted by Crippen LogP contribution is 2.18. The molecule has 0 radical (unpaired) electrons. The summed E-state index contributed by atoms with van der Waals surface area (Å²) in [6, 6.07) is 9.16. The van der Waals surface area contributed by atoms with E-state index in [2.05, 4.69) is 9.97 Å². The van der Waals surface area contributed by atoms with Gasteiger partial charge in [-0.3, -0.25) is 4.98 Å². The van der Waals surface area contributed by atoms with Crippen molar-refractivity contribution in [2.24, 2.45) is 0 Å². The van der Waals surface area contributed by atoms with Crippen LogP contribution in [-0.4, -0.2) is 25.6 Å². The zero-order chi connectivity index (χ0) is 13.9. The lowest BCUT2D eigenvalue weighted by Gasteiger charge is -2.04. The molecule has 1 N–H and O–H groups in total. The Morgan fingerprint density at radius 3 is 2.75 bits per heavy atom. The van der Waals surface area contributed by atoms with Crippen molar-refractivity contribution in [1.29, 1.82) is 0 Å². The van der Waals surface area contributed by atoms with Gasteiger partial charge in [-0.15, -0.1) is 0 Å². The van der Waals surface area contributed by atoms with Crippen LogP contribution in [0.5, 0.6) is 0 Å². The molecule has 5 heteroatoms. The van der Waals surface area contributed by atoms with Crippen LogP contribution in [0.3, 0.4) is 0 Å². The second-order valence-corrected chi connectivity index (χ2v) is 4.52. The van der Waals surface area contributed by atoms with Gasteiger partial charge in [0, 0.05) is 18.9 Å². The van der Waals surface area contributed by atoms with E-state index in [9.17, 15) is 4.79 Å². The number of pyridine rings is 1. The van der Waals surface area contributed by atoms with Crippen LogP contribution in [-0.2, 0) is 13.0 Å². The zero-order valence-electron chi connectivity index (χ0n) is 10.7. The Morgan fingerprint density at radius 1 is 1.20 bits per heavy atom. The first-order valence-electron chi connectivity index (χ1n) is 6.32. The van der Waals surface area contributed by atoms with Crippen molar-refractivity contribution in [1.82, 2.24) is 14.5 Å². The molecule has 5 nitrogen and oxygen atoms in total. The predicted octanol–water partition coefficient (Wildman–Crippen LogP) is 2.37. The van der Waals surface area contributed by atoms with Crippen molar-refractivity contribution < 1.29 is 9.90 Å². The molecule has 0 aliphatic heterocycles. The number of aromatic carboxylic acids is 1. The van der Waals surface area contributed by atoms with E-state index in [4.69, 9.17) is 5.11 Å². The molecule has 0 fully saturated rings. The number of aromatic nitrogens is 3. The summed E-state index contributed by atoms with van der Waals surface area (Å²) in [5, 5.41) is 9.14. The van der Waals surface area contributed by atoms with E-state index in [1.54, 1.807) is 30.9 Å². The second kappa shape index (κ2) is 5.13. The van der Waals surface area contributed by atoms with Gasteiger partial charge in [-0.05, 0) is 36.2 Å². The Balaban J connectivity index is 1.90. The molecule has 0 saturated carbocycles. The van der Waals surface area contributed by atoms with E-state index in [0.717, 1.165) is 18.5 Å². The largest absolute Gasteiger partial charge is 0.478 e. The maximum atomic E-state index is 11.1. The molecule has 1 aromatic carbocycles. The molecule has 0 bridgehead atoms. The molecule has 0 aliphatic carbocycles. The van der Waals surface area contributed by atoms with E-state index in [0.29, 0.717) is 5.52 Å². The Kier molecular flexibility index (Phi) is 3.16. The van der Waals surface area contributed by atoms with Crippen molar-refractivity contribution >= 4 is 17.0 Å². The predicted molar refractivity (Wildman–Crippen MR) is 74.6 cm³/mol. The summed E-state index contributed by atoms with van der Waals surface area (Å²) in [5.74, 6) is -0.949. The Hall–Kier alpha value is -2.69. The Morgan fingerprint density at radius 2 is 2.00 bits per heavy atom. The number of nitrogens with zero attached hydrogens (tertiary/aromatic N) is 3. The Labute approximate surface area is 115 Å². The molecule has 0 spiro atoms. The lowest BCUT2D eigenvalue weighted by atomic mass is 10.1. The minimum Gasteiger partial charge on any atom is -0.478 e. The van der Waals surface area contributed by atoms with Gasteiger partial charge >= 0.3 is 5.97 Å². The molecule has 3 aromatic rings. The van der Waals surface area contributed by atoms with Crippen LogP contribution < -0.4 is 0 Å². The molecule has 2 aromatic heterocycles. The first-order valence-corrected chi connectivity index (χ1v) is 6.32. The molecule has 2 heterocycles. The summed E-state index contributed by atoms with van der Waals surface area (Å²) in [4.78, 5) is 19.4. The third kappa shape index (κ3) is 2.25. The summed E-state index contributed by atoms with van der Waals surface area (Å²) in [6.07, 6.45) is 6.08. The number of carboxylic acids is 1. The number of rotatable bonds is 4. The SMILES string of the molecule is O=C(O)c1cccc2c1ncn2CCc1ccncc1. The van der Waals surface area contributed by atoms with Gasteiger partial charge in [0.25, 0.3) is 0 Å². The van der Waals surface area contributed by atoms with E-state index < -0.39 is 5.97 Å². The van der Waals surface area contributed by atoms with Crippen LogP contribution in [0.4, 0.5) is 0 Å². The number of aryl methyl sites for hydroxylation is 2. The minimum atomic E-state index is -0.949. The molecule has 3 rings (SSSR count). The summed E-state index contributed by atoms with van der Waals surface area (Å²) in [6.45, 7) is 0.754. The molecule has 20 heavy (non-hydrogen) atoms. The average Bonchev–Trinajstić information content (AvgIpc) is 2.89. The summed E-state index contributed by atoms with van der Waals surface area (Å²) in [7, 11) is 0. The summed E-state index contributed by atoms with van der Waals surface area (Å²) < 4.78 is 1.97. The van der Waals surface area contributed by atoms with Crippen LogP contribution in [0.25, 0.3) is 11.0 Å². The topological polar surface area (TPSA) is 68.0 Å². The van der Waals surface area contributed by atoms with E-state index in [1.165, 1.54) is 5.56 Å². The summed E-state index contributed by atoms with van der Waals surface area (Å²) >= 11 is 0. The fraction of sp³-hybridized carbons (Fsp3) is 0.133. The molecular formula is C15H13N3O2. The standard InChI is InChI=1S/C15H13N3O2/c19-15(20)12-2-1-3-13-14(12)17-10-18(13)9-6-11-4-7-16-8-5-11/h1-5,7-8,10H,6,9H2,(H,19,20). The van der Waals surface area contributed by atoms with Crippen molar-refractivity contribution in [2.45, 2.75) is 13.0 Å². The van der Waals surface area contributed by atoms with Gasteiger partial charge in [0.1, 0.15) is 5.52 Å². The fourth-order valence-corrected chi connectivity index (χ4v) is 2.24. The molecule has 0 aliphatic rings. The van der Waals surface area contributed by atoms with E-state index in [-0.39, 0.29) is 5.56 Å². The number of carboxylic acid groups (broad SMARTS) is 1.